The van der Waals surface area contributed by atoms with E-state index in [4.69, 9.17) is 10.3 Å². The van der Waals surface area contributed by atoms with Crippen molar-refractivity contribution in [3.05, 3.63) is 40.3 Å². The second-order valence-corrected chi connectivity index (χ2v) is 3.90. The minimum atomic E-state index is -0.465. The van der Waals surface area contributed by atoms with Crippen LogP contribution < -0.4 is 5.73 Å². The van der Waals surface area contributed by atoms with Crippen LogP contribution in [0.5, 0.6) is 0 Å². The molecule has 1 heterocycles. The second kappa shape index (κ2) is 4.92. The van der Waals surface area contributed by atoms with Crippen molar-refractivity contribution < 1.29 is 9.45 Å². The van der Waals surface area contributed by atoms with Crippen LogP contribution in [0, 0.1) is 10.1 Å². The van der Waals surface area contributed by atoms with Crippen molar-refractivity contribution in [3.8, 4) is 11.4 Å². The van der Waals surface area contributed by atoms with E-state index in [1.165, 1.54) is 12.1 Å². The predicted molar refractivity (Wildman–Crippen MR) is 63.9 cm³/mol. The van der Waals surface area contributed by atoms with Gasteiger partial charge in [0.25, 0.3) is 5.69 Å². The molecule has 0 saturated heterocycles. The summed E-state index contributed by atoms with van der Waals surface area (Å²) in [6.07, 6.45) is 0. The minimum absolute atomic E-state index is 0.00859. The quantitative estimate of drug-likeness (QED) is 0.651. The Hall–Kier alpha value is -2.28. The molecule has 2 rings (SSSR count). The number of aromatic nitrogens is 2. The van der Waals surface area contributed by atoms with E-state index in [2.05, 4.69) is 10.1 Å². The van der Waals surface area contributed by atoms with Crippen molar-refractivity contribution in [2.75, 3.05) is 6.54 Å². The van der Waals surface area contributed by atoms with Crippen molar-refractivity contribution >= 4 is 5.69 Å². The van der Waals surface area contributed by atoms with E-state index >= 15 is 0 Å². The largest absolute Gasteiger partial charge is 0.339 e. The molecule has 1 aromatic carbocycles. The predicted octanol–water partition coefficient (Wildman–Crippen LogP) is 1.71. The van der Waals surface area contributed by atoms with E-state index < -0.39 is 4.92 Å². The maximum Gasteiger partial charge on any atom is 0.270 e. The normalized spacial score (nSPS) is 12.3. The molecular weight excluding hydrogens is 236 g/mol. The van der Waals surface area contributed by atoms with Crippen molar-refractivity contribution in [1.82, 2.24) is 10.1 Å². The van der Waals surface area contributed by atoms with Gasteiger partial charge in [0.05, 0.1) is 4.92 Å². The van der Waals surface area contributed by atoms with Crippen molar-refractivity contribution in [3.63, 3.8) is 0 Å². The second-order valence-electron chi connectivity index (χ2n) is 3.90. The summed E-state index contributed by atoms with van der Waals surface area (Å²) in [7, 11) is 0. The number of benzene rings is 1. The lowest BCUT2D eigenvalue weighted by atomic mass is 10.2. The SMILES string of the molecule is CC(CN)c1nc(-c2cccc([N+](=O)[O-])c2)no1. The first kappa shape index (κ1) is 12.2. The number of nitro benzene ring substituents is 1. The van der Waals surface area contributed by atoms with Gasteiger partial charge in [-0.05, 0) is 0 Å². The van der Waals surface area contributed by atoms with Gasteiger partial charge in [0.15, 0.2) is 0 Å². The zero-order valence-electron chi connectivity index (χ0n) is 9.74. The monoisotopic (exact) mass is 248 g/mol. The van der Waals surface area contributed by atoms with Crippen LogP contribution in [0.25, 0.3) is 11.4 Å². The maximum absolute atomic E-state index is 10.7. The Morgan fingerprint density at radius 1 is 1.56 bits per heavy atom. The molecule has 0 aliphatic carbocycles. The first-order valence-corrected chi connectivity index (χ1v) is 5.40. The molecule has 0 aliphatic rings. The molecule has 0 amide bonds. The Labute approximate surface area is 103 Å². The highest BCUT2D eigenvalue weighted by molar-refractivity contribution is 5.58. The third-order valence-corrected chi connectivity index (χ3v) is 2.53. The summed E-state index contributed by atoms with van der Waals surface area (Å²) >= 11 is 0. The van der Waals surface area contributed by atoms with E-state index in [0.29, 0.717) is 23.8 Å². The highest BCUT2D eigenvalue weighted by atomic mass is 16.6. The summed E-state index contributed by atoms with van der Waals surface area (Å²) in [5.74, 6) is 0.720. The fraction of sp³-hybridized carbons (Fsp3) is 0.273. The van der Waals surface area contributed by atoms with E-state index in [0.717, 1.165) is 0 Å². The van der Waals surface area contributed by atoms with Crippen LogP contribution in [0.3, 0.4) is 0 Å². The van der Waals surface area contributed by atoms with E-state index in [1.54, 1.807) is 12.1 Å². The van der Waals surface area contributed by atoms with E-state index in [9.17, 15) is 10.1 Å². The fourth-order valence-corrected chi connectivity index (χ4v) is 1.41. The molecule has 18 heavy (non-hydrogen) atoms. The molecule has 2 N–H and O–H groups in total. The van der Waals surface area contributed by atoms with Crippen molar-refractivity contribution in [2.45, 2.75) is 12.8 Å². The van der Waals surface area contributed by atoms with Gasteiger partial charge in [0.1, 0.15) is 0 Å². The van der Waals surface area contributed by atoms with Gasteiger partial charge in [-0.1, -0.05) is 24.2 Å². The standard InChI is InChI=1S/C11H12N4O3/c1-7(6-12)11-13-10(14-18-11)8-3-2-4-9(5-8)15(16)17/h2-5,7H,6,12H2,1H3. The van der Waals surface area contributed by atoms with Crippen LogP contribution >= 0.6 is 0 Å². The molecular formula is C11H12N4O3. The third-order valence-electron chi connectivity index (χ3n) is 2.53. The van der Waals surface area contributed by atoms with E-state index in [1.807, 2.05) is 6.92 Å². The number of nitrogens with zero attached hydrogens (tertiary/aromatic N) is 3. The van der Waals surface area contributed by atoms with Gasteiger partial charge in [-0.25, -0.2) is 0 Å². The number of rotatable bonds is 4. The van der Waals surface area contributed by atoms with Crippen LogP contribution in [-0.2, 0) is 0 Å². The fourth-order valence-electron chi connectivity index (χ4n) is 1.41. The van der Waals surface area contributed by atoms with E-state index in [-0.39, 0.29) is 11.6 Å². The third kappa shape index (κ3) is 2.35. The Bertz CT molecular complexity index is 567. The van der Waals surface area contributed by atoms with Crippen LogP contribution in [0.2, 0.25) is 0 Å². The van der Waals surface area contributed by atoms with Gasteiger partial charge in [0.2, 0.25) is 11.7 Å². The lowest BCUT2D eigenvalue weighted by Crippen LogP contribution is -2.08. The molecule has 0 radical (unpaired) electrons. The first-order valence-electron chi connectivity index (χ1n) is 5.40. The number of nitro groups is 1. The lowest BCUT2D eigenvalue weighted by Gasteiger charge is -1.98. The summed E-state index contributed by atoms with van der Waals surface area (Å²) in [4.78, 5) is 14.4. The molecule has 2 aromatic rings. The Morgan fingerprint density at radius 2 is 2.33 bits per heavy atom. The van der Waals surface area contributed by atoms with Crippen LogP contribution in [-0.4, -0.2) is 21.6 Å². The van der Waals surface area contributed by atoms with Crippen LogP contribution in [0.1, 0.15) is 18.7 Å². The number of non-ortho nitro benzene ring substituents is 1. The summed E-state index contributed by atoms with van der Waals surface area (Å²) in [6, 6.07) is 6.08. The molecule has 0 fully saturated rings. The zero-order chi connectivity index (χ0) is 13.1. The molecule has 0 saturated carbocycles. The average molecular weight is 248 g/mol. The highest BCUT2D eigenvalue weighted by Crippen LogP contribution is 2.22. The first-order chi connectivity index (χ1) is 8.61. The van der Waals surface area contributed by atoms with Crippen LogP contribution in [0.15, 0.2) is 28.8 Å². The van der Waals surface area contributed by atoms with Crippen LogP contribution in [0.4, 0.5) is 5.69 Å². The smallest absolute Gasteiger partial charge is 0.270 e. The van der Waals surface area contributed by atoms with Gasteiger partial charge >= 0.3 is 0 Å². The Kier molecular flexibility index (Phi) is 3.33. The minimum Gasteiger partial charge on any atom is -0.339 e. The topological polar surface area (TPSA) is 108 Å². The van der Waals surface area contributed by atoms with Gasteiger partial charge in [-0.15, -0.1) is 0 Å². The number of hydrogen-bond donors (Lipinski definition) is 1. The maximum atomic E-state index is 10.7. The number of hydrogen-bond acceptors (Lipinski definition) is 6. The highest BCUT2D eigenvalue weighted by Gasteiger charge is 2.15. The van der Waals surface area contributed by atoms with Crippen molar-refractivity contribution in [2.24, 2.45) is 5.73 Å². The average Bonchev–Trinajstić information content (AvgIpc) is 2.87. The molecule has 7 nitrogen and oxygen atoms in total. The molecule has 0 spiro atoms. The van der Waals surface area contributed by atoms with Gasteiger partial charge in [0, 0.05) is 30.2 Å². The summed E-state index contributed by atoms with van der Waals surface area (Å²) in [5.41, 5.74) is 6.03. The summed E-state index contributed by atoms with van der Waals surface area (Å²) in [6.45, 7) is 2.27. The molecule has 94 valence electrons. The Morgan fingerprint density at radius 3 is 3.00 bits per heavy atom. The summed E-state index contributed by atoms with van der Waals surface area (Å²) < 4.78 is 5.06. The Balaban J connectivity index is 2.34. The molecule has 0 bridgehead atoms. The number of nitrogens with two attached hydrogens (primary N) is 1. The molecule has 0 aliphatic heterocycles. The molecule has 7 heteroatoms. The van der Waals surface area contributed by atoms with Gasteiger partial charge in [-0.2, -0.15) is 4.98 Å². The summed E-state index contributed by atoms with van der Waals surface area (Å²) in [5, 5.41) is 14.5. The van der Waals surface area contributed by atoms with Gasteiger partial charge < -0.3 is 10.3 Å². The van der Waals surface area contributed by atoms with Gasteiger partial charge in [-0.3, -0.25) is 10.1 Å². The van der Waals surface area contributed by atoms with Crippen molar-refractivity contribution in [1.29, 1.82) is 0 Å². The zero-order valence-corrected chi connectivity index (χ0v) is 9.74. The lowest BCUT2D eigenvalue weighted by molar-refractivity contribution is -0.384. The molecule has 1 atom stereocenters. The molecule has 1 aromatic heterocycles. The molecule has 1 unspecified atom stereocenters.